The Morgan fingerprint density at radius 2 is 1.75 bits per heavy atom. The van der Waals surface area contributed by atoms with E-state index in [9.17, 15) is 4.79 Å². The zero-order chi connectivity index (χ0) is 15.6. The highest BCUT2D eigenvalue weighted by Crippen LogP contribution is 2.31. The van der Waals surface area contributed by atoms with Crippen molar-refractivity contribution in [2.45, 2.75) is 59.9 Å². The van der Waals surface area contributed by atoms with Crippen molar-refractivity contribution in [3.8, 4) is 0 Å². The Morgan fingerprint density at radius 3 is 2.20 bits per heavy atom. The summed E-state index contributed by atoms with van der Waals surface area (Å²) in [4.78, 5) is 12.4. The van der Waals surface area contributed by atoms with Crippen molar-refractivity contribution in [3.63, 3.8) is 0 Å². The van der Waals surface area contributed by atoms with E-state index < -0.39 is 8.32 Å². The van der Waals surface area contributed by atoms with Crippen molar-refractivity contribution in [2.24, 2.45) is 5.41 Å². The third-order valence-electron chi connectivity index (χ3n) is 3.24. The molecule has 20 heavy (non-hydrogen) atoms. The molecule has 1 aromatic carbocycles. The average Bonchev–Trinajstić information content (AvgIpc) is 2.25. The summed E-state index contributed by atoms with van der Waals surface area (Å²) in [5.74, 6) is 0.254. The molecule has 3 heteroatoms. The van der Waals surface area contributed by atoms with E-state index in [1.165, 1.54) is 5.56 Å². The molecule has 0 spiro atoms. The topological polar surface area (TPSA) is 26.3 Å². The maximum Gasteiger partial charge on any atom is 0.184 e. The first-order valence-corrected chi connectivity index (χ1v) is 10.7. The number of hydrogen-bond acceptors (Lipinski definition) is 2. The number of hydrogen-bond donors (Lipinski definition) is 0. The zero-order valence-corrected chi connectivity index (χ0v) is 14.9. The third kappa shape index (κ3) is 5.21. The van der Waals surface area contributed by atoms with Crippen molar-refractivity contribution in [1.29, 1.82) is 0 Å². The van der Waals surface area contributed by atoms with Crippen LogP contribution >= 0.6 is 0 Å². The molecule has 0 aromatic heterocycles. The van der Waals surface area contributed by atoms with Gasteiger partial charge in [0.05, 0.1) is 6.10 Å². The van der Waals surface area contributed by atoms with Crippen LogP contribution in [0.3, 0.4) is 0 Å². The lowest BCUT2D eigenvalue weighted by Crippen LogP contribution is -2.31. The second kappa shape index (κ2) is 6.23. The van der Waals surface area contributed by atoms with Crippen LogP contribution in [-0.4, -0.2) is 14.1 Å². The minimum absolute atomic E-state index is 0.116. The Morgan fingerprint density at radius 1 is 1.20 bits per heavy atom. The number of rotatable bonds is 5. The number of ketones is 1. The number of Topliss-reactive ketones (excluding diaryl/α,β-unsaturated/α-hetero) is 1. The van der Waals surface area contributed by atoms with Crippen LogP contribution in [0.1, 0.15) is 44.4 Å². The molecule has 0 bridgehead atoms. The first kappa shape index (κ1) is 17.1. The van der Waals surface area contributed by atoms with Crippen molar-refractivity contribution in [2.75, 3.05) is 0 Å². The molecule has 0 N–H and O–H groups in total. The van der Waals surface area contributed by atoms with Crippen molar-refractivity contribution in [1.82, 2.24) is 0 Å². The van der Waals surface area contributed by atoms with Crippen LogP contribution in [0.15, 0.2) is 24.3 Å². The summed E-state index contributed by atoms with van der Waals surface area (Å²) in [7, 11) is -1.70. The minimum Gasteiger partial charge on any atom is -0.410 e. The van der Waals surface area contributed by atoms with Gasteiger partial charge in [0.25, 0.3) is 0 Å². The Kier molecular flexibility index (Phi) is 5.33. The first-order chi connectivity index (χ1) is 9.00. The lowest BCUT2D eigenvalue weighted by atomic mass is 9.86. The van der Waals surface area contributed by atoms with Gasteiger partial charge in [0.1, 0.15) is 5.78 Å². The van der Waals surface area contributed by atoms with Gasteiger partial charge in [0.15, 0.2) is 8.32 Å². The highest BCUT2D eigenvalue weighted by atomic mass is 28.4. The highest BCUT2D eigenvalue weighted by Gasteiger charge is 2.29. The predicted octanol–water partition coefficient (Wildman–Crippen LogP) is 4.89. The maximum atomic E-state index is 12.4. The SMILES string of the molecule is Cc1ccccc1[C@H](CC(=O)C(C)(C)C)O[Si](C)(C)C. The molecular weight excluding hydrogens is 264 g/mol. The second-order valence-electron chi connectivity index (χ2n) is 7.45. The molecule has 0 heterocycles. The number of benzene rings is 1. The molecule has 1 aromatic rings. The van der Waals surface area contributed by atoms with Crippen LogP contribution in [0, 0.1) is 12.3 Å². The summed E-state index contributed by atoms with van der Waals surface area (Å²) >= 11 is 0. The molecule has 1 atom stereocenters. The first-order valence-electron chi connectivity index (χ1n) is 7.27. The third-order valence-corrected chi connectivity index (χ3v) is 4.23. The monoisotopic (exact) mass is 292 g/mol. The fraction of sp³-hybridized carbons (Fsp3) is 0.588. The maximum absolute atomic E-state index is 12.4. The number of aryl methyl sites for hydroxylation is 1. The molecule has 0 unspecified atom stereocenters. The van der Waals surface area contributed by atoms with E-state index in [-0.39, 0.29) is 17.3 Å². The van der Waals surface area contributed by atoms with Gasteiger partial charge in [-0.25, -0.2) is 0 Å². The molecule has 0 amide bonds. The van der Waals surface area contributed by atoms with E-state index in [4.69, 9.17) is 4.43 Å². The van der Waals surface area contributed by atoms with Crippen LogP contribution in [0.25, 0.3) is 0 Å². The largest absolute Gasteiger partial charge is 0.410 e. The molecule has 0 fully saturated rings. The fourth-order valence-corrected chi connectivity index (χ4v) is 3.13. The van der Waals surface area contributed by atoms with E-state index in [0.717, 1.165) is 5.56 Å². The summed E-state index contributed by atoms with van der Waals surface area (Å²) in [6.07, 6.45) is 0.341. The summed E-state index contributed by atoms with van der Waals surface area (Å²) in [5, 5.41) is 0. The second-order valence-corrected chi connectivity index (χ2v) is 11.9. The van der Waals surface area contributed by atoms with Crippen LogP contribution in [0.4, 0.5) is 0 Å². The van der Waals surface area contributed by atoms with E-state index in [1.54, 1.807) is 0 Å². The minimum atomic E-state index is -1.70. The van der Waals surface area contributed by atoms with Crippen molar-refractivity contribution in [3.05, 3.63) is 35.4 Å². The molecule has 112 valence electrons. The van der Waals surface area contributed by atoms with Gasteiger partial charge in [-0.15, -0.1) is 0 Å². The Balaban J connectivity index is 3.04. The summed E-state index contributed by atoms with van der Waals surface area (Å²) in [5.41, 5.74) is 2.02. The van der Waals surface area contributed by atoms with Gasteiger partial charge in [-0.3, -0.25) is 4.79 Å². The van der Waals surface area contributed by atoms with Crippen LogP contribution in [-0.2, 0) is 9.22 Å². The Labute approximate surface area is 124 Å². The van der Waals surface area contributed by atoms with E-state index >= 15 is 0 Å². The van der Waals surface area contributed by atoms with Gasteiger partial charge in [-0.1, -0.05) is 45.0 Å². The van der Waals surface area contributed by atoms with Crippen LogP contribution in [0.2, 0.25) is 19.6 Å². The molecule has 0 saturated heterocycles. The number of carbonyl (C=O) groups is 1. The summed E-state index contributed by atoms with van der Waals surface area (Å²) in [6.45, 7) is 14.5. The zero-order valence-electron chi connectivity index (χ0n) is 13.9. The molecule has 0 aliphatic rings. The molecule has 0 saturated carbocycles. The van der Waals surface area contributed by atoms with E-state index in [1.807, 2.05) is 32.9 Å². The van der Waals surface area contributed by atoms with Gasteiger partial charge < -0.3 is 4.43 Å². The highest BCUT2D eigenvalue weighted by molar-refractivity contribution is 6.69. The molecule has 2 nitrogen and oxygen atoms in total. The molecule has 0 aliphatic carbocycles. The lowest BCUT2D eigenvalue weighted by molar-refractivity contribution is -0.128. The van der Waals surface area contributed by atoms with Gasteiger partial charge in [-0.2, -0.15) is 0 Å². The van der Waals surface area contributed by atoms with Crippen molar-refractivity contribution >= 4 is 14.1 Å². The Bertz CT molecular complexity index is 467. The van der Waals surface area contributed by atoms with E-state index in [2.05, 4.69) is 38.7 Å². The molecular formula is C17H28O2Si. The average molecular weight is 292 g/mol. The molecule has 0 radical (unpaired) electrons. The smallest absolute Gasteiger partial charge is 0.184 e. The van der Waals surface area contributed by atoms with Crippen LogP contribution in [0.5, 0.6) is 0 Å². The van der Waals surface area contributed by atoms with Gasteiger partial charge in [-0.05, 0) is 37.7 Å². The van der Waals surface area contributed by atoms with Gasteiger partial charge in [0, 0.05) is 11.8 Å². The standard InChI is InChI=1S/C17H28O2Si/c1-13-10-8-9-11-14(13)15(19-20(5,6)7)12-16(18)17(2,3)4/h8-11,15H,12H2,1-7H3/t15-/m0/s1. The fourth-order valence-electron chi connectivity index (χ4n) is 2.06. The summed E-state index contributed by atoms with van der Waals surface area (Å²) < 4.78 is 6.29. The van der Waals surface area contributed by atoms with Crippen LogP contribution < -0.4 is 0 Å². The quantitative estimate of drug-likeness (QED) is 0.722. The normalized spacial score (nSPS) is 14.2. The lowest BCUT2D eigenvalue weighted by Gasteiger charge is -2.29. The molecule has 0 aliphatic heterocycles. The Hall–Kier alpha value is -0.933. The summed E-state index contributed by atoms with van der Waals surface area (Å²) in [6, 6.07) is 8.20. The predicted molar refractivity (Wildman–Crippen MR) is 87.4 cm³/mol. The number of carbonyl (C=O) groups excluding carboxylic acids is 1. The van der Waals surface area contributed by atoms with Gasteiger partial charge in [0.2, 0.25) is 0 Å². The van der Waals surface area contributed by atoms with Crippen molar-refractivity contribution < 1.29 is 9.22 Å². The molecule has 1 rings (SSSR count). The van der Waals surface area contributed by atoms with E-state index in [0.29, 0.717) is 6.42 Å². The van der Waals surface area contributed by atoms with Gasteiger partial charge >= 0.3 is 0 Å².